The fourth-order valence-electron chi connectivity index (χ4n) is 1.79. The largest absolute Gasteiger partial charge is 0.384 e. The zero-order chi connectivity index (χ0) is 14.4. The van der Waals surface area contributed by atoms with E-state index in [1.807, 2.05) is 0 Å². The average molecular weight is 289 g/mol. The second kappa shape index (κ2) is 4.19. The molecular formula is C8H11N5O5S. The van der Waals surface area contributed by atoms with Gasteiger partial charge in [0, 0.05) is 12.0 Å². The van der Waals surface area contributed by atoms with Crippen LogP contribution in [0.4, 0.5) is 16.6 Å². The molecule has 0 unspecified atom stereocenters. The highest BCUT2D eigenvalue weighted by atomic mass is 32.2. The van der Waals surface area contributed by atoms with E-state index >= 15 is 0 Å². The van der Waals surface area contributed by atoms with E-state index in [0.717, 1.165) is 17.4 Å². The summed E-state index contributed by atoms with van der Waals surface area (Å²) in [5.74, 6) is -0.356. The Hall–Kier alpha value is -2.17. The maximum Gasteiger partial charge on any atom is 0.384 e. The van der Waals surface area contributed by atoms with Crippen LogP contribution in [0.1, 0.15) is 0 Å². The molecule has 10 nitrogen and oxygen atoms in total. The first-order valence-corrected chi connectivity index (χ1v) is 7.03. The van der Waals surface area contributed by atoms with Gasteiger partial charge in [-0.3, -0.25) is 4.57 Å². The number of urea groups is 1. The number of hydrogen-bond donors (Lipinski definition) is 0. The third-order valence-electron chi connectivity index (χ3n) is 2.64. The van der Waals surface area contributed by atoms with Gasteiger partial charge in [-0.05, 0) is 4.92 Å². The minimum Gasteiger partial charge on any atom is -0.358 e. The summed E-state index contributed by atoms with van der Waals surface area (Å²) >= 11 is 0. The summed E-state index contributed by atoms with van der Waals surface area (Å²) < 4.78 is 24.7. The second-order valence-electron chi connectivity index (χ2n) is 4.04. The van der Waals surface area contributed by atoms with Crippen LogP contribution in [0.15, 0.2) is 6.20 Å². The lowest BCUT2D eigenvalue weighted by atomic mass is 10.6. The maximum absolute atomic E-state index is 11.9. The molecule has 2 heterocycles. The van der Waals surface area contributed by atoms with Gasteiger partial charge in [-0.25, -0.2) is 22.4 Å². The van der Waals surface area contributed by atoms with Crippen LogP contribution in [0.25, 0.3) is 0 Å². The third kappa shape index (κ3) is 2.23. The number of aromatic nitrogens is 2. The molecule has 1 fully saturated rings. The van der Waals surface area contributed by atoms with Gasteiger partial charge in [0.1, 0.15) is 6.20 Å². The molecule has 0 aromatic carbocycles. The standard InChI is InChI=1S/C8H11N5O5S/c1-10-5-6(13(15)16)9-7(10)11-3-4-12(8(11)14)19(2,17)18/h5H,3-4H2,1-2H3. The molecule has 2 rings (SSSR count). The molecular weight excluding hydrogens is 278 g/mol. The van der Waals surface area contributed by atoms with E-state index in [1.54, 1.807) is 0 Å². The fourth-order valence-corrected chi connectivity index (χ4v) is 2.59. The predicted octanol–water partition coefficient (Wildman–Crippen LogP) is -0.470. The Morgan fingerprint density at radius 3 is 2.47 bits per heavy atom. The quantitative estimate of drug-likeness (QED) is 0.548. The van der Waals surface area contributed by atoms with Crippen molar-refractivity contribution in [2.75, 3.05) is 24.2 Å². The first kappa shape index (κ1) is 13.3. The van der Waals surface area contributed by atoms with Gasteiger partial charge in [0.25, 0.3) is 0 Å². The van der Waals surface area contributed by atoms with Crippen molar-refractivity contribution in [1.29, 1.82) is 0 Å². The lowest BCUT2D eigenvalue weighted by Crippen LogP contribution is -2.36. The SMILES string of the molecule is Cn1cc([N+](=O)[O-])nc1N1CCN(S(C)(=O)=O)C1=O. The predicted molar refractivity (Wildman–Crippen MR) is 64.2 cm³/mol. The Morgan fingerprint density at radius 1 is 1.42 bits per heavy atom. The highest BCUT2D eigenvalue weighted by molar-refractivity contribution is 7.88. The van der Waals surface area contributed by atoms with Crippen molar-refractivity contribution in [1.82, 2.24) is 13.9 Å². The number of amides is 2. The van der Waals surface area contributed by atoms with Crippen molar-refractivity contribution in [3.63, 3.8) is 0 Å². The van der Waals surface area contributed by atoms with Crippen molar-refractivity contribution in [3.8, 4) is 0 Å². The number of nitro groups is 1. The topological polar surface area (TPSA) is 119 Å². The minimum absolute atomic E-state index is 0.00166. The first-order chi connectivity index (χ1) is 8.71. The van der Waals surface area contributed by atoms with Gasteiger partial charge < -0.3 is 10.1 Å². The molecule has 0 saturated carbocycles. The van der Waals surface area contributed by atoms with Crippen molar-refractivity contribution in [3.05, 3.63) is 16.3 Å². The van der Waals surface area contributed by atoms with Crippen molar-refractivity contribution < 1.29 is 18.1 Å². The Kier molecular flexibility index (Phi) is 2.92. The molecule has 11 heteroatoms. The van der Waals surface area contributed by atoms with E-state index in [4.69, 9.17) is 0 Å². The molecule has 0 radical (unpaired) electrons. The van der Waals surface area contributed by atoms with Gasteiger partial charge in [0.15, 0.2) is 0 Å². The molecule has 104 valence electrons. The summed E-state index contributed by atoms with van der Waals surface area (Å²) in [6, 6.07) is -0.758. The molecule has 1 saturated heterocycles. The van der Waals surface area contributed by atoms with Gasteiger partial charge in [-0.2, -0.15) is 0 Å². The van der Waals surface area contributed by atoms with Gasteiger partial charge in [0.2, 0.25) is 10.0 Å². The molecule has 1 aromatic heterocycles. The number of hydrogen-bond acceptors (Lipinski definition) is 6. The van der Waals surface area contributed by atoms with Gasteiger partial charge in [-0.1, -0.05) is 0 Å². The number of imidazole rings is 1. The monoisotopic (exact) mass is 289 g/mol. The van der Waals surface area contributed by atoms with Gasteiger partial charge in [0.05, 0.1) is 19.3 Å². The highest BCUT2D eigenvalue weighted by Gasteiger charge is 2.39. The number of carbonyl (C=O) groups is 1. The summed E-state index contributed by atoms with van der Waals surface area (Å²) in [5.41, 5.74) is 0. The molecule has 0 spiro atoms. The number of aryl methyl sites for hydroxylation is 1. The molecule has 0 aliphatic carbocycles. The number of carbonyl (C=O) groups excluding carboxylic acids is 1. The minimum atomic E-state index is -3.64. The summed E-state index contributed by atoms with van der Waals surface area (Å²) in [6.07, 6.45) is 2.08. The highest BCUT2D eigenvalue weighted by Crippen LogP contribution is 2.23. The third-order valence-corrected chi connectivity index (χ3v) is 3.78. The lowest BCUT2D eigenvalue weighted by Gasteiger charge is -2.13. The van der Waals surface area contributed by atoms with E-state index in [9.17, 15) is 23.3 Å². The van der Waals surface area contributed by atoms with Crippen molar-refractivity contribution in [2.45, 2.75) is 0 Å². The number of anilines is 1. The van der Waals surface area contributed by atoms with Crippen LogP contribution in [-0.2, 0) is 17.1 Å². The van der Waals surface area contributed by atoms with E-state index in [0.29, 0.717) is 4.31 Å². The van der Waals surface area contributed by atoms with E-state index in [2.05, 4.69) is 4.98 Å². The van der Waals surface area contributed by atoms with Crippen LogP contribution in [0, 0.1) is 10.1 Å². The molecule has 1 aliphatic heterocycles. The number of sulfonamides is 1. The second-order valence-corrected chi connectivity index (χ2v) is 5.94. The zero-order valence-corrected chi connectivity index (χ0v) is 11.0. The molecule has 19 heavy (non-hydrogen) atoms. The molecule has 0 atom stereocenters. The Morgan fingerprint density at radius 2 is 2.05 bits per heavy atom. The van der Waals surface area contributed by atoms with Crippen LogP contribution in [0.5, 0.6) is 0 Å². The van der Waals surface area contributed by atoms with Crippen molar-refractivity contribution in [2.24, 2.45) is 7.05 Å². The van der Waals surface area contributed by atoms with Gasteiger partial charge in [-0.15, -0.1) is 0 Å². The lowest BCUT2D eigenvalue weighted by molar-refractivity contribution is -0.389. The van der Waals surface area contributed by atoms with E-state index < -0.39 is 26.8 Å². The number of nitrogens with zero attached hydrogens (tertiary/aromatic N) is 5. The summed E-state index contributed by atoms with van der Waals surface area (Å²) in [4.78, 5) is 26.7. The van der Waals surface area contributed by atoms with E-state index in [-0.39, 0.29) is 19.0 Å². The van der Waals surface area contributed by atoms with Crippen LogP contribution in [0.2, 0.25) is 0 Å². The van der Waals surface area contributed by atoms with Crippen LogP contribution < -0.4 is 4.90 Å². The zero-order valence-electron chi connectivity index (χ0n) is 10.2. The first-order valence-electron chi connectivity index (χ1n) is 5.19. The van der Waals surface area contributed by atoms with Crippen LogP contribution in [-0.4, -0.2) is 52.6 Å². The summed E-state index contributed by atoms with van der Waals surface area (Å²) in [5, 5.41) is 10.6. The smallest absolute Gasteiger partial charge is 0.358 e. The average Bonchev–Trinajstić information content (AvgIpc) is 2.80. The van der Waals surface area contributed by atoms with E-state index in [1.165, 1.54) is 11.6 Å². The Bertz CT molecular complexity index is 650. The number of rotatable bonds is 3. The Balaban J connectivity index is 2.35. The summed E-state index contributed by atoms with van der Waals surface area (Å²) in [7, 11) is -2.15. The molecule has 1 aromatic rings. The summed E-state index contributed by atoms with van der Waals surface area (Å²) in [6.45, 7) is 0.103. The molecule has 0 N–H and O–H groups in total. The van der Waals surface area contributed by atoms with Crippen LogP contribution >= 0.6 is 0 Å². The molecule has 0 bridgehead atoms. The molecule has 2 amide bonds. The van der Waals surface area contributed by atoms with Crippen molar-refractivity contribution >= 4 is 27.8 Å². The molecule has 1 aliphatic rings. The van der Waals surface area contributed by atoms with Gasteiger partial charge >= 0.3 is 17.8 Å². The normalized spacial score (nSPS) is 16.2. The fraction of sp³-hybridized carbons (Fsp3) is 0.500. The van der Waals surface area contributed by atoms with Crippen LogP contribution in [0.3, 0.4) is 0 Å². The maximum atomic E-state index is 11.9. The Labute approximate surface area is 108 Å².